The van der Waals surface area contributed by atoms with Gasteiger partial charge in [-0.2, -0.15) is 13.2 Å². The maximum atomic E-state index is 12.0. The highest BCUT2D eigenvalue weighted by Crippen LogP contribution is 2.28. The van der Waals surface area contributed by atoms with Gasteiger partial charge in [0.05, 0.1) is 0 Å². The Kier molecular flexibility index (Phi) is 5.72. The van der Waals surface area contributed by atoms with Gasteiger partial charge >= 0.3 is 6.18 Å². The molecule has 1 rings (SSSR count). The second-order valence-corrected chi connectivity index (χ2v) is 4.80. The summed E-state index contributed by atoms with van der Waals surface area (Å²) in [6.07, 6.45) is -4.74. The van der Waals surface area contributed by atoms with Crippen LogP contribution in [-0.2, 0) is 0 Å². The minimum absolute atomic E-state index is 0.0114. The van der Waals surface area contributed by atoms with Crippen LogP contribution in [0, 0.1) is 0 Å². The highest BCUT2D eigenvalue weighted by molar-refractivity contribution is 6.34. The Balaban J connectivity index is 2.65. The van der Waals surface area contributed by atoms with Gasteiger partial charge in [0, 0.05) is 22.5 Å². The van der Waals surface area contributed by atoms with Crippen molar-refractivity contribution in [3.63, 3.8) is 0 Å². The van der Waals surface area contributed by atoms with Gasteiger partial charge in [0.1, 0.15) is 0 Å². The van der Waals surface area contributed by atoms with Gasteiger partial charge in [-0.05, 0) is 36.6 Å². The van der Waals surface area contributed by atoms with Crippen LogP contribution in [0.15, 0.2) is 18.2 Å². The zero-order valence-electron chi connectivity index (χ0n) is 9.40. The summed E-state index contributed by atoms with van der Waals surface area (Å²) in [5, 5.41) is 0.849. The molecule has 0 aliphatic rings. The summed E-state index contributed by atoms with van der Waals surface area (Å²) in [4.78, 5) is 0. The van der Waals surface area contributed by atoms with Gasteiger partial charge < -0.3 is 0 Å². The fourth-order valence-corrected chi connectivity index (χ4v) is 2.17. The Bertz CT molecular complexity index is 376. The fourth-order valence-electron chi connectivity index (χ4n) is 1.63. The lowest BCUT2D eigenvalue weighted by molar-refractivity contribution is -0.135. The van der Waals surface area contributed by atoms with Gasteiger partial charge in [-0.15, -0.1) is 0 Å². The average Bonchev–Trinajstić information content (AvgIpc) is 2.21. The third kappa shape index (κ3) is 5.44. The molecule has 3 N–H and O–H groups in total. The topological polar surface area (TPSA) is 38.0 Å². The SMILES string of the molecule is NNC(CCCC(F)(F)F)c1cc(Cl)cc(Cl)c1. The molecular weight excluding hydrogens is 288 g/mol. The molecule has 0 saturated carbocycles. The summed E-state index contributed by atoms with van der Waals surface area (Å²) in [5.41, 5.74) is 3.15. The second kappa shape index (κ2) is 6.61. The molecule has 0 heterocycles. The molecule has 102 valence electrons. The third-order valence-corrected chi connectivity index (χ3v) is 2.88. The van der Waals surface area contributed by atoms with Crippen LogP contribution >= 0.6 is 23.2 Å². The highest BCUT2D eigenvalue weighted by atomic mass is 35.5. The van der Waals surface area contributed by atoms with E-state index in [0.717, 1.165) is 0 Å². The molecule has 0 bridgehead atoms. The standard InChI is InChI=1S/C11H13Cl2F3N2/c12-8-4-7(5-9(13)6-8)10(18-17)2-1-3-11(14,15)16/h4-6,10,18H,1-3,17H2. The molecule has 0 spiro atoms. The number of benzene rings is 1. The zero-order valence-corrected chi connectivity index (χ0v) is 10.9. The van der Waals surface area contributed by atoms with Gasteiger partial charge in [-0.1, -0.05) is 23.2 Å². The molecule has 1 unspecified atom stereocenters. The quantitative estimate of drug-likeness (QED) is 0.631. The first-order valence-electron chi connectivity index (χ1n) is 5.30. The van der Waals surface area contributed by atoms with Gasteiger partial charge in [-0.25, -0.2) is 0 Å². The molecule has 1 aromatic carbocycles. The highest BCUT2D eigenvalue weighted by Gasteiger charge is 2.26. The van der Waals surface area contributed by atoms with Crippen molar-refractivity contribution < 1.29 is 13.2 Å². The molecule has 0 amide bonds. The van der Waals surface area contributed by atoms with Crippen molar-refractivity contribution in [3.8, 4) is 0 Å². The Morgan fingerprint density at radius 1 is 1.17 bits per heavy atom. The van der Waals surface area contributed by atoms with Crippen molar-refractivity contribution in [2.24, 2.45) is 5.84 Å². The third-order valence-electron chi connectivity index (χ3n) is 2.44. The zero-order chi connectivity index (χ0) is 13.8. The number of halogens is 5. The van der Waals surface area contributed by atoms with Crippen LogP contribution in [0.25, 0.3) is 0 Å². The maximum Gasteiger partial charge on any atom is 0.389 e. The molecule has 0 aliphatic heterocycles. The van der Waals surface area contributed by atoms with E-state index in [4.69, 9.17) is 29.0 Å². The van der Waals surface area contributed by atoms with Gasteiger partial charge in [0.2, 0.25) is 0 Å². The first kappa shape index (κ1) is 15.6. The molecule has 1 atom stereocenters. The van der Waals surface area contributed by atoms with E-state index < -0.39 is 18.6 Å². The Labute approximate surface area is 113 Å². The summed E-state index contributed by atoms with van der Waals surface area (Å²) < 4.78 is 36.1. The van der Waals surface area contributed by atoms with E-state index in [-0.39, 0.29) is 12.8 Å². The summed E-state index contributed by atoms with van der Waals surface area (Å²) >= 11 is 11.6. The summed E-state index contributed by atoms with van der Waals surface area (Å²) in [6, 6.07) is 4.41. The Morgan fingerprint density at radius 3 is 2.17 bits per heavy atom. The van der Waals surface area contributed by atoms with E-state index in [9.17, 15) is 13.2 Å². The van der Waals surface area contributed by atoms with Crippen LogP contribution in [0.5, 0.6) is 0 Å². The smallest absolute Gasteiger partial charge is 0.271 e. The van der Waals surface area contributed by atoms with Gasteiger partial charge in [-0.3, -0.25) is 11.3 Å². The molecule has 0 radical (unpaired) electrons. The summed E-state index contributed by atoms with van der Waals surface area (Å²) in [5.74, 6) is 5.34. The predicted octanol–water partition coefficient (Wildman–Crippen LogP) is 4.23. The van der Waals surface area contributed by atoms with Crippen LogP contribution in [0.1, 0.15) is 30.9 Å². The molecular formula is C11H13Cl2F3N2. The molecule has 18 heavy (non-hydrogen) atoms. The predicted molar refractivity (Wildman–Crippen MR) is 66.4 cm³/mol. The number of hydrogen-bond acceptors (Lipinski definition) is 2. The molecule has 7 heteroatoms. The molecule has 2 nitrogen and oxygen atoms in total. The lowest BCUT2D eigenvalue weighted by Gasteiger charge is -2.17. The van der Waals surface area contributed by atoms with Gasteiger partial charge in [0.25, 0.3) is 0 Å². The first-order valence-corrected chi connectivity index (χ1v) is 6.06. The molecule has 1 aromatic rings. The van der Waals surface area contributed by atoms with Crippen molar-refractivity contribution in [3.05, 3.63) is 33.8 Å². The number of nitrogens with two attached hydrogens (primary N) is 1. The average molecular weight is 301 g/mol. The van der Waals surface area contributed by atoms with Crippen LogP contribution in [0.4, 0.5) is 13.2 Å². The molecule has 0 saturated heterocycles. The van der Waals surface area contributed by atoms with E-state index in [0.29, 0.717) is 15.6 Å². The van der Waals surface area contributed by atoms with E-state index in [1.165, 1.54) is 0 Å². The monoisotopic (exact) mass is 300 g/mol. The van der Waals surface area contributed by atoms with Crippen molar-refractivity contribution in [1.29, 1.82) is 0 Å². The normalized spacial score (nSPS) is 13.7. The first-order chi connectivity index (χ1) is 8.31. The number of hydrogen-bond donors (Lipinski definition) is 2. The second-order valence-electron chi connectivity index (χ2n) is 3.93. The lowest BCUT2D eigenvalue weighted by atomic mass is 10.0. The van der Waals surface area contributed by atoms with Crippen molar-refractivity contribution in [2.75, 3.05) is 0 Å². The minimum atomic E-state index is -4.15. The van der Waals surface area contributed by atoms with Crippen molar-refractivity contribution in [1.82, 2.24) is 5.43 Å². The van der Waals surface area contributed by atoms with Crippen LogP contribution in [0.2, 0.25) is 10.0 Å². The van der Waals surface area contributed by atoms with Gasteiger partial charge in [0.15, 0.2) is 0 Å². The molecule has 0 fully saturated rings. The number of nitrogens with one attached hydrogen (secondary N) is 1. The van der Waals surface area contributed by atoms with E-state index >= 15 is 0 Å². The van der Waals surface area contributed by atoms with Crippen molar-refractivity contribution >= 4 is 23.2 Å². The minimum Gasteiger partial charge on any atom is -0.271 e. The van der Waals surface area contributed by atoms with Crippen LogP contribution < -0.4 is 11.3 Å². The molecule has 0 aliphatic carbocycles. The summed E-state index contributed by atoms with van der Waals surface area (Å²) in [7, 11) is 0. The summed E-state index contributed by atoms with van der Waals surface area (Å²) in [6.45, 7) is 0. The van der Waals surface area contributed by atoms with E-state index in [1.807, 2.05) is 0 Å². The van der Waals surface area contributed by atoms with Crippen LogP contribution in [0.3, 0.4) is 0 Å². The molecule has 0 aromatic heterocycles. The van der Waals surface area contributed by atoms with E-state index in [2.05, 4.69) is 5.43 Å². The number of rotatable bonds is 5. The van der Waals surface area contributed by atoms with E-state index in [1.54, 1.807) is 18.2 Å². The van der Waals surface area contributed by atoms with Crippen LogP contribution in [-0.4, -0.2) is 6.18 Å². The number of hydrazine groups is 1. The number of alkyl halides is 3. The lowest BCUT2D eigenvalue weighted by Crippen LogP contribution is -2.28. The Morgan fingerprint density at radius 2 is 1.72 bits per heavy atom. The maximum absolute atomic E-state index is 12.0. The Hall–Kier alpha value is -0.490. The van der Waals surface area contributed by atoms with Crippen molar-refractivity contribution in [2.45, 2.75) is 31.5 Å². The largest absolute Gasteiger partial charge is 0.389 e. The fraction of sp³-hybridized carbons (Fsp3) is 0.455.